The molecule has 35 heavy (non-hydrogen) atoms. The van der Waals surface area contributed by atoms with E-state index < -0.39 is 11.6 Å². The van der Waals surface area contributed by atoms with Crippen LogP contribution in [0.15, 0.2) is 54.9 Å². The van der Waals surface area contributed by atoms with Crippen LogP contribution in [0.2, 0.25) is 0 Å². The number of nitrogens with zero attached hydrogens (tertiary/aromatic N) is 4. The number of carbonyl (C=O) groups excluding carboxylic acids is 1. The minimum atomic E-state index is -0.557. The molecule has 1 fully saturated rings. The Bertz CT molecular complexity index is 1400. The summed E-state index contributed by atoms with van der Waals surface area (Å²) in [6, 6.07) is 10.3. The fourth-order valence-electron chi connectivity index (χ4n) is 4.21. The van der Waals surface area contributed by atoms with E-state index in [2.05, 4.69) is 15.3 Å². The standard InChI is InChI=1S/C26H23F2N5O2/c1-29-26-20-12-17(19-14-18(27)6-7-21(19)28)13-22(35-11-10-33-9-3-5-23(33)34)24(20)31-25(32-26)16-4-2-8-30-15-16/h2,4,6-8,12-15H,3,5,9-11H2,1H3,(H,29,31,32). The van der Waals surface area contributed by atoms with E-state index in [0.717, 1.165) is 30.2 Å². The number of benzene rings is 2. The van der Waals surface area contributed by atoms with Crippen LogP contribution in [0.3, 0.4) is 0 Å². The Balaban J connectivity index is 1.63. The van der Waals surface area contributed by atoms with Crippen LogP contribution in [-0.4, -0.2) is 52.5 Å². The Kier molecular flexibility index (Phi) is 6.22. The predicted octanol–water partition coefficient (Wildman–Crippen LogP) is 4.68. The normalized spacial score (nSPS) is 13.5. The molecular weight excluding hydrogens is 452 g/mol. The predicted molar refractivity (Wildman–Crippen MR) is 129 cm³/mol. The Morgan fingerprint density at radius 3 is 2.74 bits per heavy atom. The van der Waals surface area contributed by atoms with E-state index in [1.54, 1.807) is 42.5 Å². The molecule has 7 nitrogen and oxygen atoms in total. The first kappa shape index (κ1) is 22.6. The van der Waals surface area contributed by atoms with Gasteiger partial charge < -0.3 is 15.0 Å². The summed E-state index contributed by atoms with van der Waals surface area (Å²) in [5, 5.41) is 3.66. The molecule has 1 N–H and O–H groups in total. The summed E-state index contributed by atoms with van der Waals surface area (Å²) in [6.45, 7) is 1.37. The van der Waals surface area contributed by atoms with Gasteiger partial charge in [-0.3, -0.25) is 9.78 Å². The maximum absolute atomic E-state index is 14.6. The van der Waals surface area contributed by atoms with Crippen molar-refractivity contribution in [3.05, 3.63) is 66.5 Å². The number of carbonyl (C=O) groups is 1. The van der Waals surface area contributed by atoms with Crippen LogP contribution in [0.4, 0.5) is 14.6 Å². The summed E-state index contributed by atoms with van der Waals surface area (Å²) in [6.07, 6.45) is 4.71. The molecule has 1 amide bonds. The molecule has 0 bridgehead atoms. The van der Waals surface area contributed by atoms with Crippen molar-refractivity contribution in [3.8, 4) is 28.3 Å². The highest BCUT2D eigenvalue weighted by atomic mass is 19.1. The Morgan fingerprint density at radius 2 is 2.00 bits per heavy atom. The van der Waals surface area contributed by atoms with Crippen LogP contribution in [-0.2, 0) is 4.79 Å². The molecule has 2 aromatic carbocycles. The number of hydrogen-bond acceptors (Lipinski definition) is 6. The van der Waals surface area contributed by atoms with Crippen molar-refractivity contribution in [1.82, 2.24) is 19.9 Å². The number of halogens is 2. The SMILES string of the molecule is CNc1nc(-c2cccnc2)nc2c(OCCN3CCCC3=O)cc(-c3cc(F)ccc3F)cc12. The van der Waals surface area contributed by atoms with Gasteiger partial charge in [0.1, 0.15) is 35.3 Å². The highest BCUT2D eigenvalue weighted by molar-refractivity contribution is 5.97. The van der Waals surface area contributed by atoms with Crippen molar-refractivity contribution in [1.29, 1.82) is 0 Å². The van der Waals surface area contributed by atoms with Crippen LogP contribution in [0, 0.1) is 11.6 Å². The van der Waals surface area contributed by atoms with Crippen molar-refractivity contribution in [2.75, 3.05) is 32.1 Å². The van der Waals surface area contributed by atoms with Crippen LogP contribution in [0.1, 0.15) is 12.8 Å². The van der Waals surface area contributed by atoms with Crippen LogP contribution in [0.5, 0.6) is 5.75 Å². The zero-order valence-corrected chi connectivity index (χ0v) is 19.1. The molecule has 1 aliphatic heterocycles. The van der Waals surface area contributed by atoms with Gasteiger partial charge in [0.05, 0.1) is 6.54 Å². The van der Waals surface area contributed by atoms with Crippen LogP contribution < -0.4 is 10.1 Å². The summed E-state index contributed by atoms with van der Waals surface area (Å²) in [5.74, 6) is 0.336. The smallest absolute Gasteiger partial charge is 0.222 e. The molecule has 0 saturated carbocycles. The second-order valence-corrected chi connectivity index (χ2v) is 8.22. The number of ether oxygens (including phenoxy) is 1. The molecule has 1 saturated heterocycles. The van der Waals surface area contributed by atoms with Gasteiger partial charge in [-0.2, -0.15) is 0 Å². The number of amides is 1. The first-order chi connectivity index (χ1) is 17.0. The highest BCUT2D eigenvalue weighted by Gasteiger charge is 2.21. The molecule has 2 aromatic heterocycles. The number of fused-ring (bicyclic) bond motifs is 1. The van der Waals surface area contributed by atoms with E-state index in [0.29, 0.717) is 53.4 Å². The van der Waals surface area contributed by atoms with E-state index in [-0.39, 0.29) is 18.1 Å². The molecular formula is C26H23F2N5O2. The molecule has 5 rings (SSSR count). The van der Waals surface area contributed by atoms with Crippen LogP contribution in [0.25, 0.3) is 33.4 Å². The average Bonchev–Trinajstić information content (AvgIpc) is 3.29. The monoisotopic (exact) mass is 475 g/mol. The topological polar surface area (TPSA) is 80.2 Å². The molecule has 178 valence electrons. The van der Waals surface area contributed by atoms with Crippen molar-refractivity contribution in [2.24, 2.45) is 0 Å². The fourth-order valence-corrected chi connectivity index (χ4v) is 4.21. The lowest BCUT2D eigenvalue weighted by Crippen LogP contribution is -2.29. The number of hydrogen-bond donors (Lipinski definition) is 1. The highest BCUT2D eigenvalue weighted by Crippen LogP contribution is 2.37. The summed E-state index contributed by atoms with van der Waals surface area (Å²) < 4.78 is 34.7. The van der Waals surface area contributed by atoms with E-state index in [4.69, 9.17) is 9.72 Å². The van der Waals surface area contributed by atoms with Crippen LogP contribution >= 0.6 is 0 Å². The molecule has 4 aromatic rings. The Hall–Kier alpha value is -4.14. The van der Waals surface area contributed by atoms with E-state index in [9.17, 15) is 13.6 Å². The van der Waals surface area contributed by atoms with Crippen molar-refractivity contribution >= 4 is 22.6 Å². The first-order valence-corrected chi connectivity index (χ1v) is 11.3. The summed E-state index contributed by atoms with van der Waals surface area (Å²) in [4.78, 5) is 27.2. The Morgan fingerprint density at radius 1 is 1.11 bits per heavy atom. The molecule has 0 atom stereocenters. The van der Waals surface area contributed by atoms with Crippen molar-refractivity contribution < 1.29 is 18.3 Å². The number of rotatable bonds is 7. The number of likely N-dealkylation sites (tertiary alicyclic amines) is 1. The molecule has 0 spiro atoms. The zero-order chi connectivity index (χ0) is 24.4. The van der Waals surface area contributed by atoms with Gasteiger partial charge in [-0.25, -0.2) is 18.7 Å². The van der Waals surface area contributed by atoms with Gasteiger partial charge in [0.15, 0.2) is 5.82 Å². The van der Waals surface area contributed by atoms with Gasteiger partial charge in [-0.05, 0) is 54.4 Å². The number of aromatic nitrogens is 3. The molecule has 0 unspecified atom stereocenters. The minimum Gasteiger partial charge on any atom is -0.489 e. The summed E-state index contributed by atoms with van der Waals surface area (Å²) >= 11 is 0. The molecule has 0 radical (unpaired) electrons. The van der Waals surface area contributed by atoms with E-state index >= 15 is 0 Å². The maximum Gasteiger partial charge on any atom is 0.222 e. The van der Waals surface area contributed by atoms with Gasteiger partial charge in [0, 0.05) is 48.9 Å². The third-order valence-corrected chi connectivity index (χ3v) is 5.95. The Labute approximate surface area is 200 Å². The van der Waals surface area contributed by atoms with Gasteiger partial charge in [0.2, 0.25) is 5.91 Å². The number of anilines is 1. The van der Waals surface area contributed by atoms with E-state index in [1.807, 2.05) is 6.07 Å². The van der Waals surface area contributed by atoms with Gasteiger partial charge in [0.25, 0.3) is 0 Å². The first-order valence-electron chi connectivity index (χ1n) is 11.3. The summed E-state index contributed by atoms with van der Waals surface area (Å²) in [7, 11) is 1.73. The average molecular weight is 475 g/mol. The third kappa shape index (κ3) is 4.62. The second-order valence-electron chi connectivity index (χ2n) is 8.22. The van der Waals surface area contributed by atoms with Crippen molar-refractivity contribution in [2.45, 2.75) is 12.8 Å². The zero-order valence-electron chi connectivity index (χ0n) is 19.1. The molecule has 9 heteroatoms. The lowest BCUT2D eigenvalue weighted by molar-refractivity contribution is -0.128. The maximum atomic E-state index is 14.6. The van der Waals surface area contributed by atoms with E-state index in [1.165, 1.54) is 0 Å². The molecule has 0 aliphatic carbocycles. The second kappa shape index (κ2) is 9.61. The third-order valence-electron chi connectivity index (χ3n) is 5.95. The largest absolute Gasteiger partial charge is 0.489 e. The number of nitrogens with one attached hydrogen (secondary N) is 1. The molecule has 3 heterocycles. The lowest BCUT2D eigenvalue weighted by Gasteiger charge is -2.18. The van der Waals surface area contributed by atoms with Gasteiger partial charge >= 0.3 is 0 Å². The van der Waals surface area contributed by atoms with Gasteiger partial charge in [-0.1, -0.05) is 0 Å². The quantitative estimate of drug-likeness (QED) is 0.418. The molecule has 1 aliphatic rings. The summed E-state index contributed by atoms with van der Waals surface area (Å²) in [5.41, 5.74) is 1.76. The number of pyridine rings is 1. The fraction of sp³-hybridized carbons (Fsp3) is 0.231. The van der Waals surface area contributed by atoms with Crippen molar-refractivity contribution in [3.63, 3.8) is 0 Å². The lowest BCUT2D eigenvalue weighted by atomic mass is 10.0. The minimum absolute atomic E-state index is 0.102. The van der Waals surface area contributed by atoms with Gasteiger partial charge in [-0.15, -0.1) is 0 Å².